The molecule has 0 atom stereocenters. The van der Waals surface area contributed by atoms with E-state index in [4.69, 9.17) is 13.3 Å². The summed E-state index contributed by atoms with van der Waals surface area (Å²) in [6.07, 6.45) is 11.6. The van der Waals surface area contributed by atoms with Gasteiger partial charge in [-0.1, -0.05) is 0 Å². The fraction of sp³-hybridized carbons (Fsp3) is 0.500. The van der Waals surface area contributed by atoms with Crippen LogP contribution in [0.1, 0.15) is 36.5 Å². The molecule has 30 heavy (non-hydrogen) atoms. The van der Waals surface area contributed by atoms with Crippen LogP contribution in [0.15, 0.2) is 68.4 Å². The average Bonchev–Trinajstić information content (AvgIpc) is 3.52. The first-order valence-electron chi connectivity index (χ1n) is 11.1. The zero-order chi connectivity index (χ0) is 20.4. The second-order valence-electron chi connectivity index (χ2n) is 8.16. The molecule has 0 spiro atoms. The monoisotopic (exact) mass is 411 g/mol. The summed E-state index contributed by atoms with van der Waals surface area (Å²) in [6, 6.07) is 12.1. The van der Waals surface area contributed by atoms with Gasteiger partial charge in [0.25, 0.3) is 0 Å². The highest BCUT2D eigenvalue weighted by Gasteiger charge is 2.22. The number of nitrogens with zero attached hydrogens (tertiary/aromatic N) is 3. The van der Waals surface area contributed by atoms with Gasteiger partial charge in [-0.15, -0.1) is 0 Å². The van der Waals surface area contributed by atoms with E-state index in [-0.39, 0.29) is 0 Å². The van der Waals surface area contributed by atoms with Crippen molar-refractivity contribution in [3.8, 4) is 0 Å². The van der Waals surface area contributed by atoms with Gasteiger partial charge in [-0.05, 0) is 55.7 Å². The van der Waals surface area contributed by atoms with E-state index in [0.29, 0.717) is 0 Å². The lowest BCUT2D eigenvalue weighted by molar-refractivity contribution is -0.0306. The first-order valence-corrected chi connectivity index (χ1v) is 11.1. The Morgan fingerprint density at radius 2 is 0.867 bits per heavy atom. The molecule has 0 bridgehead atoms. The number of hydrogen-bond acceptors (Lipinski definition) is 6. The lowest BCUT2D eigenvalue weighted by Gasteiger charge is -2.42. The summed E-state index contributed by atoms with van der Waals surface area (Å²) >= 11 is 0. The van der Waals surface area contributed by atoms with Crippen LogP contribution in [0.3, 0.4) is 0 Å². The van der Waals surface area contributed by atoms with Crippen LogP contribution in [0, 0.1) is 0 Å². The molecule has 1 aliphatic heterocycles. The minimum Gasteiger partial charge on any atom is -0.469 e. The maximum absolute atomic E-state index is 5.49. The normalized spacial score (nSPS) is 16.4. The SMILES string of the molecule is c1coc(CCCN2CN(CCCc3ccco3)CN(CCCc3ccco3)C2)c1. The van der Waals surface area contributed by atoms with Crippen LogP contribution in [-0.4, -0.2) is 54.3 Å². The van der Waals surface area contributed by atoms with E-state index >= 15 is 0 Å². The van der Waals surface area contributed by atoms with E-state index in [2.05, 4.69) is 32.9 Å². The molecule has 4 heterocycles. The van der Waals surface area contributed by atoms with E-state index in [9.17, 15) is 0 Å². The minimum absolute atomic E-state index is 1.00. The molecule has 3 aromatic heterocycles. The first-order chi connectivity index (χ1) is 14.8. The van der Waals surface area contributed by atoms with Crippen LogP contribution >= 0.6 is 0 Å². The minimum atomic E-state index is 1.00. The van der Waals surface area contributed by atoms with Crippen LogP contribution in [0.25, 0.3) is 0 Å². The molecule has 6 heteroatoms. The van der Waals surface area contributed by atoms with Crippen LogP contribution in [0.2, 0.25) is 0 Å². The molecule has 162 valence electrons. The number of furan rings is 3. The zero-order valence-electron chi connectivity index (χ0n) is 17.7. The van der Waals surface area contributed by atoms with Gasteiger partial charge in [0.15, 0.2) is 0 Å². The maximum Gasteiger partial charge on any atom is 0.103 e. The van der Waals surface area contributed by atoms with Crippen molar-refractivity contribution < 1.29 is 13.3 Å². The van der Waals surface area contributed by atoms with Crippen molar-refractivity contribution in [1.29, 1.82) is 0 Å². The molecule has 0 aromatic carbocycles. The van der Waals surface area contributed by atoms with Crippen LogP contribution in [0.5, 0.6) is 0 Å². The number of rotatable bonds is 12. The summed E-state index contributed by atoms with van der Waals surface area (Å²) in [5.41, 5.74) is 0. The van der Waals surface area contributed by atoms with Crippen molar-refractivity contribution in [2.75, 3.05) is 39.6 Å². The third-order valence-electron chi connectivity index (χ3n) is 5.63. The Kier molecular flexibility index (Phi) is 7.83. The van der Waals surface area contributed by atoms with Crippen molar-refractivity contribution >= 4 is 0 Å². The molecule has 1 aliphatic rings. The highest BCUT2D eigenvalue weighted by Crippen LogP contribution is 2.13. The fourth-order valence-electron chi connectivity index (χ4n) is 4.20. The molecular formula is C24H33N3O3. The summed E-state index contributed by atoms with van der Waals surface area (Å²) in [5, 5.41) is 0. The molecule has 0 amide bonds. The molecule has 1 saturated heterocycles. The van der Waals surface area contributed by atoms with Crippen LogP contribution in [0.4, 0.5) is 0 Å². The Bertz CT molecular complexity index is 683. The van der Waals surface area contributed by atoms with Gasteiger partial charge in [-0.2, -0.15) is 0 Å². The Hall–Kier alpha value is -2.28. The summed E-state index contributed by atoms with van der Waals surface area (Å²) in [5.74, 6) is 3.24. The first kappa shape index (κ1) is 21.0. The van der Waals surface area contributed by atoms with Crippen molar-refractivity contribution in [2.45, 2.75) is 38.5 Å². The van der Waals surface area contributed by atoms with Crippen LogP contribution < -0.4 is 0 Å². The predicted molar refractivity (Wildman–Crippen MR) is 116 cm³/mol. The highest BCUT2D eigenvalue weighted by atomic mass is 16.3. The molecular weight excluding hydrogens is 378 g/mol. The Morgan fingerprint density at radius 1 is 0.533 bits per heavy atom. The molecule has 0 saturated carbocycles. The molecule has 4 rings (SSSR count). The average molecular weight is 412 g/mol. The standard InChI is InChI=1S/C24H33N3O3/c1(7-22-10-4-16-28-22)13-25-19-26(14-2-8-23-11-5-17-29-23)21-27(20-25)15-3-9-24-12-6-18-30-24/h4-6,10-12,16-18H,1-3,7-9,13-15,19-21H2. The molecule has 0 radical (unpaired) electrons. The summed E-state index contributed by atoms with van der Waals surface area (Å²) in [7, 11) is 0. The van der Waals surface area contributed by atoms with Crippen molar-refractivity contribution in [1.82, 2.24) is 14.7 Å². The summed E-state index contributed by atoms with van der Waals surface area (Å²) in [4.78, 5) is 7.69. The van der Waals surface area contributed by atoms with Gasteiger partial charge < -0.3 is 13.3 Å². The van der Waals surface area contributed by atoms with Gasteiger partial charge in [0.1, 0.15) is 17.3 Å². The van der Waals surface area contributed by atoms with E-state index in [0.717, 1.165) is 95.4 Å². The zero-order valence-corrected chi connectivity index (χ0v) is 17.7. The summed E-state index contributed by atoms with van der Waals surface area (Å²) < 4.78 is 16.5. The second kappa shape index (κ2) is 11.2. The van der Waals surface area contributed by atoms with E-state index in [1.807, 2.05) is 18.2 Å². The largest absolute Gasteiger partial charge is 0.469 e. The number of aryl methyl sites for hydroxylation is 3. The molecule has 0 unspecified atom stereocenters. The van der Waals surface area contributed by atoms with E-state index in [1.165, 1.54) is 0 Å². The van der Waals surface area contributed by atoms with Gasteiger partial charge in [-0.3, -0.25) is 14.7 Å². The predicted octanol–water partition coefficient (Wildman–Crippen LogP) is 4.46. The lowest BCUT2D eigenvalue weighted by atomic mass is 10.2. The Balaban J connectivity index is 1.24. The topological polar surface area (TPSA) is 49.1 Å². The van der Waals surface area contributed by atoms with Gasteiger partial charge in [-0.25, -0.2) is 0 Å². The maximum atomic E-state index is 5.49. The molecule has 1 fully saturated rings. The highest BCUT2D eigenvalue weighted by molar-refractivity contribution is 4.99. The third kappa shape index (κ3) is 6.62. The van der Waals surface area contributed by atoms with Gasteiger partial charge >= 0.3 is 0 Å². The molecule has 6 nitrogen and oxygen atoms in total. The van der Waals surface area contributed by atoms with E-state index < -0.39 is 0 Å². The van der Waals surface area contributed by atoms with Crippen LogP contribution in [-0.2, 0) is 19.3 Å². The van der Waals surface area contributed by atoms with Crippen molar-refractivity contribution in [3.63, 3.8) is 0 Å². The van der Waals surface area contributed by atoms with E-state index in [1.54, 1.807) is 18.8 Å². The van der Waals surface area contributed by atoms with Crippen molar-refractivity contribution in [3.05, 3.63) is 72.5 Å². The lowest BCUT2D eigenvalue weighted by Crippen LogP contribution is -2.55. The third-order valence-corrected chi connectivity index (χ3v) is 5.63. The van der Waals surface area contributed by atoms with Crippen molar-refractivity contribution in [2.24, 2.45) is 0 Å². The molecule has 0 aliphatic carbocycles. The second-order valence-corrected chi connectivity index (χ2v) is 8.16. The van der Waals surface area contributed by atoms with Gasteiger partial charge in [0.05, 0.1) is 38.8 Å². The Morgan fingerprint density at radius 3 is 1.13 bits per heavy atom. The smallest absolute Gasteiger partial charge is 0.103 e. The number of hydrogen-bond donors (Lipinski definition) is 0. The van der Waals surface area contributed by atoms with Gasteiger partial charge in [0.2, 0.25) is 0 Å². The molecule has 0 N–H and O–H groups in total. The Labute approximate surface area is 179 Å². The quantitative estimate of drug-likeness (QED) is 0.439. The fourth-order valence-corrected chi connectivity index (χ4v) is 4.20. The molecule has 3 aromatic rings. The van der Waals surface area contributed by atoms with Gasteiger partial charge in [0, 0.05) is 38.9 Å². The summed E-state index contributed by atoms with van der Waals surface area (Å²) in [6.45, 7) is 6.36.